The van der Waals surface area contributed by atoms with Gasteiger partial charge in [0.25, 0.3) is 0 Å². The lowest BCUT2D eigenvalue weighted by Gasteiger charge is -2.40. The van der Waals surface area contributed by atoms with Gasteiger partial charge in [0.15, 0.2) is 0 Å². The van der Waals surface area contributed by atoms with E-state index in [0.717, 1.165) is 19.3 Å². The molecule has 0 radical (unpaired) electrons. The van der Waals surface area contributed by atoms with E-state index < -0.39 is 0 Å². The van der Waals surface area contributed by atoms with E-state index >= 15 is 0 Å². The zero-order valence-electron chi connectivity index (χ0n) is 10.0. The molecule has 1 aliphatic carbocycles. The molecule has 0 bridgehead atoms. The van der Waals surface area contributed by atoms with Crippen molar-refractivity contribution in [2.24, 2.45) is 0 Å². The largest absolute Gasteiger partial charge is 0.458 e. The Morgan fingerprint density at radius 2 is 1.94 bits per heavy atom. The molecule has 1 saturated carbocycles. The molecule has 1 aromatic rings. The van der Waals surface area contributed by atoms with Gasteiger partial charge in [0, 0.05) is 12.3 Å². The molecular formula is C15H18O2. The summed E-state index contributed by atoms with van der Waals surface area (Å²) in [5.74, 6) is 0.400. The van der Waals surface area contributed by atoms with Crippen LogP contribution in [0.4, 0.5) is 0 Å². The maximum Gasteiger partial charge on any atom is 0.306 e. The standard InChI is InChI=1S/C15H18O2/c16-14-9-11-15(17-14)10-5-4-8-13(15)12-6-2-1-3-7-12/h1-3,6-7,13H,4-5,8-11H2/t13-,15-/m0/s1. The first-order chi connectivity index (χ1) is 8.30. The summed E-state index contributed by atoms with van der Waals surface area (Å²) >= 11 is 0. The second-order valence-corrected chi connectivity index (χ2v) is 5.25. The molecule has 1 aliphatic heterocycles. The van der Waals surface area contributed by atoms with Gasteiger partial charge in [-0.3, -0.25) is 4.79 Å². The van der Waals surface area contributed by atoms with Crippen molar-refractivity contribution in [1.82, 2.24) is 0 Å². The van der Waals surface area contributed by atoms with Gasteiger partial charge < -0.3 is 4.74 Å². The lowest BCUT2D eigenvalue weighted by molar-refractivity contribution is -0.152. The zero-order valence-corrected chi connectivity index (χ0v) is 10.0. The quantitative estimate of drug-likeness (QED) is 0.691. The van der Waals surface area contributed by atoms with Crippen molar-refractivity contribution in [2.75, 3.05) is 0 Å². The fraction of sp³-hybridized carbons (Fsp3) is 0.533. The maximum absolute atomic E-state index is 11.5. The lowest BCUT2D eigenvalue weighted by atomic mass is 9.71. The van der Waals surface area contributed by atoms with E-state index in [4.69, 9.17) is 4.74 Å². The van der Waals surface area contributed by atoms with Gasteiger partial charge in [-0.25, -0.2) is 0 Å². The Kier molecular flexibility index (Phi) is 2.65. The molecule has 0 aromatic heterocycles. The van der Waals surface area contributed by atoms with Crippen LogP contribution in [0, 0.1) is 0 Å². The van der Waals surface area contributed by atoms with Crippen LogP contribution in [0.2, 0.25) is 0 Å². The topological polar surface area (TPSA) is 26.3 Å². The number of hydrogen-bond acceptors (Lipinski definition) is 2. The number of carbonyl (C=O) groups excluding carboxylic acids is 1. The van der Waals surface area contributed by atoms with E-state index in [2.05, 4.69) is 24.3 Å². The zero-order chi connectivity index (χ0) is 11.7. The maximum atomic E-state index is 11.5. The Labute approximate surface area is 102 Å². The second-order valence-electron chi connectivity index (χ2n) is 5.25. The highest BCUT2D eigenvalue weighted by Crippen LogP contribution is 2.48. The predicted molar refractivity (Wildman–Crippen MR) is 65.7 cm³/mol. The van der Waals surface area contributed by atoms with Crippen LogP contribution < -0.4 is 0 Å². The van der Waals surface area contributed by atoms with Crippen molar-refractivity contribution < 1.29 is 9.53 Å². The molecule has 90 valence electrons. The first-order valence-corrected chi connectivity index (χ1v) is 6.57. The van der Waals surface area contributed by atoms with Gasteiger partial charge in [-0.05, 0) is 31.2 Å². The lowest BCUT2D eigenvalue weighted by Crippen LogP contribution is -2.38. The molecule has 0 amide bonds. The van der Waals surface area contributed by atoms with Gasteiger partial charge >= 0.3 is 5.97 Å². The summed E-state index contributed by atoms with van der Waals surface area (Å²) in [6.07, 6.45) is 6.14. The van der Waals surface area contributed by atoms with Crippen LogP contribution >= 0.6 is 0 Å². The fourth-order valence-electron chi connectivity index (χ4n) is 3.43. The summed E-state index contributed by atoms with van der Waals surface area (Å²) < 4.78 is 5.72. The summed E-state index contributed by atoms with van der Waals surface area (Å²) in [4.78, 5) is 11.5. The first-order valence-electron chi connectivity index (χ1n) is 6.57. The molecule has 2 heteroatoms. The summed E-state index contributed by atoms with van der Waals surface area (Å²) in [6, 6.07) is 10.5. The van der Waals surface area contributed by atoms with Gasteiger partial charge in [0.1, 0.15) is 5.60 Å². The Balaban J connectivity index is 1.93. The second kappa shape index (κ2) is 4.17. The van der Waals surface area contributed by atoms with Crippen LogP contribution in [0.5, 0.6) is 0 Å². The number of esters is 1. The molecular weight excluding hydrogens is 212 g/mol. The third kappa shape index (κ3) is 1.86. The van der Waals surface area contributed by atoms with E-state index in [9.17, 15) is 4.79 Å². The van der Waals surface area contributed by atoms with Gasteiger partial charge in [-0.1, -0.05) is 36.8 Å². The third-order valence-electron chi connectivity index (χ3n) is 4.25. The average Bonchev–Trinajstić information content (AvgIpc) is 2.73. The molecule has 17 heavy (non-hydrogen) atoms. The smallest absolute Gasteiger partial charge is 0.306 e. The van der Waals surface area contributed by atoms with Crippen LogP contribution in [0.25, 0.3) is 0 Å². The van der Waals surface area contributed by atoms with E-state index in [0.29, 0.717) is 12.3 Å². The Hall–Kier alpha value is -1.31. The highest BCUT2D eigenvalue weighted by molar-refractivity contribution is 5.72. The van der Waals surface area contributed by atoms with Crippen molar-refractivity contribution >= 4 is 5.97 Å². The van der Waals surface area contributed by atoms with Crippen LogP contribution in [0.1, 0.15) is 50.0 Å². The van der Waals surface area contributed by atoms with Gasteiger partial charge in [0.05, 0.1) is 0 Å². The summed E-state index contributed by atoms with van der Waals surface area (Å²) in [7, 11) is 0. The number of benzene rings is 1. The van der Waals surface area contributed by atoms with Gasteiger partial charge in [-0.2, -0.15) is 0 Å². The number of rotatable bonds is 1. The van der Waals surface area contributed by atoms with Crippen molar-refractivity contribution in [3.8, 4) is 0 Å². The molecule has 2 atom stereocenters. The molecule has 1 aromatic carbocycles. The van der Waals surface area contributed by atoms with Crippen molar-refractivity contribution in [1.29, 1.82) is 0 Å². The summed E-state index contributed by atoms with van der Waals surface area (Å²) in [5.41, 5.74) is 1.15. The monoisotopic (exact) mass is 230 g/mol. The molecule has 3 rings (SSSR count). The van der Waals surface area contributed by atoms with E-state index in [-0.39, 0.29) is 11.6 Å². The van der Waals surface area contributed by atoms with Crippen molar-refractivity contribution in [3.05, 3.63) is 35.9 Å². The van der Waals surface area contributed by atoms with Gasteiger partial charge in [-0.15, -0.1) is 0 Å². The Bertz CT molecular complexity index is 412. The first kappa shape index (κ1) is 10.8. The number of hydrogen-bond donors (Lipinski definition) is 0. The molecule has 0 unspecified atom stereocenters. The summed E-state index contributed by atoms with van der Waals surface area (Å²) in [5, 5.41) is 0. The Morgan fingerprint density at radius 1 is 1.12 bits per heavy atom. The van der Waals surface area contributed by atoms with Crippen LogP contribution in [0.3, 0.4) is 0 Å². The highest BCUT2D eigenvalue weighted by atomic mass is 16.6. The Morgan fingerprint density at radius 3 is 2.65 bits per heavy atom. The van der Waals surface area contributed by atoms with Crippen molar-refractivity contribution in [3.63, 3.8) is 0 Å². The molecule has 1 saturated heterocycles. The minimum absolute atomic E-state index is 0.00664. The normalized spacial score (nSPS) is 32.7. The van der Waals surface area contributed by atoms with Crippen LogP contribution in [-0.4, -0.2) is 11.6 Å². The third-order valence-corrected chi connectivity index (χ3v) is 4.25. The van der Waals surface area contributed by atoms with E-state index in [1.807, 2.05) is 6.07 Å². The summed E-state index contributed by atoms with van der Waals surface area (Å²) in [6.45, 7) is 0. The molecule has 2 nitrogen and oxygen atoms in total. The van der Waals surface area contributed by atoms with E-state index in [1.165, 1.54) is 18.4 Å². The fourth-order valence-corrected chi connectivity index (χ4v) is 3.43. The highest BCUT2D eigenvalue weighted by Gasteiger charge is 2.48. The van der Waals surface area contributed by atoms with Gasteiger partial charge in [0.2, 0.25) is 0 Å². The number of carbonyl (C=O) groups is 1. The van der Waals surface area contributed by atoms with Crippen molar-refractivity contribution in [2.45, 2.75) is 50.0 Å². The molecule has 0 N–H and O–H groups in total. The minimum Gasteiger partial charge on any atom is -0.458 e. The molecule has 2 fully saturated rings. The van der Waals surface area contributed by atoms with E-state index in [1.54, 1.807) is 0 Å². The molecule has 1 spiro atoms. The predicted octanol–water partition coefficient (Wildman–Crippen LogP) is 3.42. The average molecular weight is 230 g/mol. The van der Waals surface area contributed by atoms with Crippen LogP contribution in [-0.2, 0) is 9.53 Å². The van der Waals surface area contributed by atoms with Crippen LogP contribution in [0.15, 0.2) is 30.3 Å². The molecule has 2 aliphatic rings. The SMILES string of the molecule is O=C1CC[C@]2(CCCC[C@H]2c2ccccc2)O1. The molecule has 1 heterocycles. The minimum atomic E-state index is -0.184. The number of ether oxygens (including phenoxy) is 1.